The Morgan fingerprint density at radius 1 is 1.64 bits per heavy atom. The molecule has 1 aliphatic rings. The predicted molar refractivity (Wildman–Crippen MR) is 58.2 cm³/mol. The Hall–Kier alpha value is -0.260. The number of hydrogen-bond acceptors (Lipinski definition) is 4. The maximum Gasteiger partial charge on any atom is 0.235 e. The summed E-state index contributed by atoms with van der Waals surface area (Å²) in [5.74, 6) is 1.33. The Kier molecular flexibility index (Phi) is 5.29. The number of primary amides is 1. The fraction of sp³-hybridized carbons (Fsp3) is 0.889. The molecule has 1 amide bonds. The first kappa shape index (κ1) is 11.8. The van der Waals surface area contributed by atoms with Gasteiger partial charge in [0.15, 0.2) is 0 Å². The van der Waals surface area contributed by atoms with Crippen LogP contribution in [0.15, 0.2) is 0 Å². The van der Waals surface area contributed by atoms with Gasteiger partial charge in [0.05, 0.1) is 6.04 Å². The molecule has 1 fully saturated rings. The van der Waals surface area contributed by atoms with Crippen LogP contribution in [0.1, 0.15) is 19.3 Å². The van der Waals surface area contributed by atoms with Crippen LogP contribution in [-0.2, 0) is 4.79 Å². The van der Waals surface area contributed by atoms with Gasteiger partial charge in [0.25, 0.3) is 0 Å². The summed E-state index contributed by atoms with van der Waals surface area (Å²) in [7, 11) is 0. The summed E-state index contributed by atoms with van der Waals surface area (Å²) in [6, 6.07) is 0.303. The lowest BCUT2D eigenvalue weighted by Gasteiger charge is -2.14. The molecule has 1 rings (SSSR count). The van der Waals surface area contributed by atoms with Gasteiger partial charge in [0, 0.05) is 18.4 Å². The van der Waals surface area contributed by atoms with Crippen molar-refractivity contribution in [3.63, 3.8) is 0 Å². The van der Waals surface area contributed by atoms with Crippen molar-refractivity contribution in [2.24, 2.45) is 5.73 Å². The van der Waals surface area contributed by atoms with Gasteiger partial charge >= 0.3 is 0 Å². The van der Waals surface area contributed by atoms with Gasteiger partial charge in [-0.15, -0.1) is 0 Å². The zero-order valence-electron chi connectivity index (χ0n) is 8.24. The van der Waals surface area contributed by atoms with Crippen molar-refractivity contribution < 1.29 is 9.90 Å². The van der Waals surface area contributed by atoms with Crippen molar-refractivity contribution in [1.82, 2.24) is 5.32 Å². The zero-order chi connectivity index (χ0) is 10.4. The Morgan fingerprint density at radius 3 is 2.86 bits per heavy atom. The summed E-state index contributed by atoms with van der Waals surface area (Å²) in [6.07, 6.45) is 3.09. The van der Waals surface area contributed by atoms with Gasteiger partial charge in [-0.3, -0.25) is 4.79 Å². The highest BCUT2D eigenvalue weighted by molar-refractivity contribution is 7.99. The number of rotatable bonds is 8. The lowest BCUT2D eigenvalue weighted by Crippen LogP contribution is -2.44. The Labute approximate surface area is 88.6 Å². The molecule has 1 unspecified atom stereocenters. The standard InChI is InChI=1S/C9H18N2O2S/c10-9(13)8(11-7-2-3-7)6-14-5-1-4-12/h7-8,11-12H,1-6H2,(H2,10,13). The number of amides is 1. The molecule has 0 bridgehead atoms. The van der Waals surface area contributed by atoms with Crippen LogP contribution in [0, 0.1) is 0 Å². The smallest absolute Gasteiger partial charge is 0.235 e. The molecule has 0 aliphatic heterocycles. The molecule has 0 aromatic carbocycles. The van der Waals surface area contributed by atoms with E-state index in [0.29, 0.717) is 11.8 Å². The molecule has 0 heterocycles. The van der Waals surface area contributed by atoms with Gasteiger partial charge in [-0.2, -0.15) is 11.8 Å². The van der Waals surface area contributed by atoms with E-state index in [1.54, 1.807) is 11.8 Å². The second kappa shape index (κ2) is 6.27. The van der Waals surface area contributed by atoms with E-state index in [0.717, 1.165) is 25.0 Å². The SMILES string of the molecule is NC(=O)C(CSCCCO)NC1CC1. The van der Waals surface area contributed by atoms with Crippen LogP contribution in [0.4, 0.5) is 0 Å². The van der Waals surface area contributed by atoms with Crippen LogP contribution in [0.5, 0.6) is 0 Å². The van der Waals surface area contributed by atoms with Gasteiger partial charge in [-0.05, 0) is 25.0 Å². The molecule has 14 heavy (non-hydrogen) atoms. The molecule has 4 N–H and O–H groups in total. The van der Waals surface area contributed by atoms with E-state index in [9.17, 15) is 4.79 Å². The predicted octanol–water partition coefficient (Wildman–Crippen LogP) is -0.292. The molecule has 0 aromatic heterocycles. The molecule has 0 aromatic rings. The van der Waals surface area contributed by atoms with Crippen LogP contribution < -0.4 is 11.1 Å². The van der Waals surface area contributed by atoms with Crippen molar-refractivity contribution in [2.45, 2.75) is 31.3 Å². The summed E-state index contributed by atoms with van der Waals surface area (Å²) in [4.78, 5) is 11.0. The van der Waals surface area contributed by atoms with E-state index in [1.807, 2.05) is 0 Å². The van der Waals surface area contributed by atoms with Gasteiger partial charge in [-0.25, -0.2) is 0 Å². The highest BCUT2D eigenvalue weighted by Gasteiger charge is 2.26. The summed E-state index contributed by atoms with van der Waals surface area (Å²) >= 11 is 1.66. The minimum atomic E-state index is -0.270. The Morgan fingerprint density at radius 2 is 2.36 bits per heavy atom. The second-order valence-electron chi connectivity index (χ2n) is 3.55. The fourth-order valence-electron chi connectivity index (χ4n) is 1.11. The summed E-state index contributed by atoms with van der Waals surface area (Å²) in [6.45, 7) is 0.213. The number of nitrogens with one attached hydrogen (secondary N) is 1. The van der Waals surface area contributed by atoms with E-state index >= 15 is 0 Å². The van der Waals surface area contributed by atoms with Crippen molar-refractivity contribution in [3.05, 3.63) is 0 Å². The van der Waals surface area contributed by atoms with E-state index in [4.69, 9.17) is 10.8 Å². The monoisotopic (exact) mass is 218 g/mol. The molecule has 5 heteroatoms. The van der Waals surface area contributed by atoms with E-state index in [-0.39, 0.29) is 18.6 Å². The van der Waals surface area contributed by atoms with Gasteiger partial charge < -0.3 is 16.2 Å². The van der Waals surface area contributed by atoms with Gasteiger partial charge in [-0.1, -0.05) is 0 Å². The third-order valence-corrected chi connectivity index (χ3v) is 3.24. The quantitative estimate of drug-likeness (QED) is 0.489. The third-order valence-electron chi connectivity index (χ3n) is 2.09. The largest absolute Gasteiger partial charge is 0.396 e. The highest BCUT2D eigenvalue weighted by atomic mass is 32.2. The fourth-order valence-corrected chi connectivity index (χ4v) is 2.11. The number of nitrogens with two attached hydrogens (primary N) is 1. The minimum Gasteiger partial charge on any atom is -0.396 e. The number of carbonyl (C=O) groups excluding carboxylic acids is 1. The first-order valence-corrected chi connectivity index (χ1v) is 6.13. The molecule has 1 saturated carbocycles. The minimum absolute atomic E-state index is 0.203. The Bertz CT molecular complexity index is 186. The molecule has 4 nitrogen and oxygen atoms in total. The summed E-state index contributed by atoms with van der Waals surface area (Å²) in [5.41, 5.74) is 5.26. The first-order chi connectivity index (χ1) is 6.74. The van der Waals surface area contributed by atoms with Crippen molar-refractivity contribution >= 4 is 17.7 Å². The highest BCUT2D eigenvalue weighted by Crippen LogP contribution is 2.20. The van der Waals surface area contributed by atoms with Crippen LogP contribution in [0.3, 0.4) is 0 Å². The number of carbonyl (C=O) groups is 1. The number of hydrogen-bond donors (Lipinski definition) is 3. The zero-order valence-corrected chi connectivity index (χ0v) is 9.05. The number of aliphatic hydroxyl groups is 1. The maximum atomic E-state index is 11.0. The van der Waals surface area contributed by atoms with Crippen molar-refractivity contribution in [2.75, 3.05) is 18.1 Å². The molecule has 82 valence electrons. The molecule has 1 atom stereocenters. The lowest BCUT2D eigenvalue weighted by atomic mass is 10.3. The average molecular weight is 218 g/mol. The maximum absolute atomic E-state index is 11.0. The Balaban J connectivity index is 2.10. The number of thioether (sulfide) groups is 1. The first-order valence-electron chi connectivity index (χ1n) is 4.98. The van der Waals surface area contributed by atoms with Crippen LogP contribution in [-0.4, -0.2) is 41.2 Å². The molecular weight excluding hydrogens is 200 g/mol. The van der Waals surface area contributed by atoms with E-state index in [1.165, 1.54) is 0 Å². The van der Waals surface area contributed by atoms with Crippen LogP contribution >= 0.6 is 11.8 Å². The van der Waals surface area contributed by atoms with Gasteiger partial charge in [0.1, 0.15) is 0 Å². The second-order valence-corrected chi connectivity index (χ2v) is 4.70. The van der Waals surface area contributed by atoms with Gasteiger partial charge in [0.2, 0.25) is 5.91 Å². The molecule has 0 radical (unpaired) electrons. The van der Waals surface area contributed by atoms with Crippen molar-refractivity contribution in [1.29, 1.82) is 0 Å². The third kappa shape index (κ3) is 4.83. The average Bonchev–Trinajstić information content (AvgIpc) is 2.93. The summed E-state index contributed by atoms with van der Waals surface area (Å²) < 4.78 is 0. The van der Waals surface area contributed by atoms with Crippen LogP contribution in [0.2, 0.25) is 0 Å². The van der Waals surface area contributed by atoms with E-state index < -0.39 is 0 Å². The molecule has 0 spiro atoms. The van der Waals surface area contributed by atoms with E-state index in [2.05, 4.69) is 5.32 Å². The van der Waals surface area contributed by atoms with Crippen LogP contribution in [0.25, 0.3) is 0 Å². The molecule has 1 aliphatic carbocycles. The number of aliphatic hydroxyl groups excluding tert-OH is 1. The molecular formula is C9H18N2O2S. The topological polar surface area (TPSA) is 75.4 Å². The normalized spacial score (nSPS) is 18.1. The molecule has 0 saturated heterocycles. The van der Waals surface area contributed by atoms with Crippen molar-refractivity contribution in [3.8, 4) is 0 Å². The summed E-state index contributed by atoms with van der Waals surface area (Å²) in [5, 5.41) is 11.8. The lowest BCUT2D eigenvalue weighted by molar-refractivity contribution is -0.119.